The van der Waals surface area contributed by atoms with Crippen molar-refractivity contribution in [2.24, 2.45) is 11.8 Å². The monoisotopic (exact) mass is 456 g/mol. The van der Waals surface area contributed by atoms with Gasteiger partial charge in [0.15, 0.2) is 6.21 Å². The van der Waals surface area contributed by atoms with Crippen LogP contribution in [0.3, 0.4) is 0 Å². The van der Waals surface area contributed by atoms with Crippen LogP contribution in [0.1, 0.15) is 76.7 Å². The van der Waals surface area contributed by atoms with E-state index in [4.69, 9.17) is 0 Å². The van der Waals surface area contributed by atoms with E-state index in [0.29, 0.717) is 19.4 Å². The molecule has 2 bridgehead atoms. The second kappa shape index (κ2) is 12.0. The van der Waals surface area contributed by atoms with Crippen molar-refractivity contribution >= 4 is 29.7 Å². The number of nitrogens with one attached hydrogen (secondary N) is 2. The van der Waals surface area contributed by atoms with Crippen molar-refractivity contribution in [2.75, 3.05) is 13.1 Å². The minimum absolute atomic E-state index is 0.0169. The molecule has 1 aromatic carbocycles. The highest BCUT2D eigenvalue weighted by molar-refractivity contribution is 5.90. The Labute approximate surface area is 196 Å². The van der Waals surface area contributed by atoms with Crippen molar-refractivity contribution in [3.63, 3.8) is 0 Å². The van der Waals surface area contributed by atoms with E-state index in [1.165, 1.54) is 17.7 Å². The van der Waals surface area contributed by atoms with Gasteiger partial charge in [-0.3, -0.25) is 14.4 Å². The molecule has 2 unspecified atom stereocenters. The number of hydrogen-bond acceptors (Lipinski definition) is 3. The molecule has 33 heavy (non-hydrogen) atoms. The zero-order valence-electron chi connectivity index (χ0n) is 19.9. The molecule has 0 aromatic heterocycles. The molecule has 1 aromatic rings. The Hall–Kier alpha value is -2.70. The van der Waals surface area contributed by atoms with Crippen LogP contribution >= 0.6 is 0 Å². The molecule has 2 aliphatic heterocycles. The SMILES string of the molecule is CC(C)CC(CC(=O)O)C(=O)N[C@H]1CC2C=[N+](CCCCCCCNC1=O)c1ccccc12. The molecule has 180 valence electrons. The quantitative estimate of drug-likeness (QED) is 0.570. The van der Waals surface area contributed by atoms with Crippen molar-refractivity contribution < 1.29 is 24.1 Å². The molecule has 3 N–H and O–H groups in total. The Bertz CT molecular complexity index is 880. The van der Waals surface area contributed by atoms with Gasteiger partial charge in [-0.2, -0.15) is 0 Å². The molecule has 0 spiro atoms. The number of amides is 2. The van der Waals surface area contributed by atoms with Gasteiger partial charge in [-0.25, -0.2) is 4.58 Å². The number of carbonyl (C=O) groups is 3. The van der Waals surface area contributed by atoms with E-state index in [0.717, 1.165) is 32.2 Å². The maximum atomic E-state index is 13.1. The number of carboxylic acids is 1. The molecule has 2 aliphatic rings. The molecular formula is C26H38N3O4+. The van der Waals surface area contributed by atoms with E-state index in [1.54, 1.807) is 0 Å². The van der Waals surface area contributed by atoms with Crippen LogP contribution in [0.4, 0.5) is 5.69 Å². The molecule has 3 rings (SSSR count). The van der Waals surface area contributed by atoms with Gasteiger partial charge in [0.05, 0.1) is 12.3 Å². The molecule has 0 aliphatic carbocycles. The van der Waals surface area contributed by atoms with Crippen molar-refractivity contribution in [1.29, 1.82) is 0 Å². The fourth-order valence-corrected chi connectivity index (χ4v) is 4.93. The summed E-state index contributed by atoms with van der Waals surface area (Å²) in [6, 6.07) is 7.54. The van der Waals surface area contributed by atoms with Gasteiger partial charge in [0.1, 0.15) is 12.6 Å². The second-order valence-corrected chi connectivity index (χ2v) is 9.79. The predicted molar refractivity (Wildman–Crippen MR) is 128 cm³/mol. The molecule has 0 fully saturated rings. The molecule has 7 nitrogen and oxygen atoms in total. The zero-order chi connectivity index (χ0) is 23.8. The minimum Gasteiger partial charge on any atom is -0.481 e. The minimum atomic E-state index is -1.00. The van der Waals surface area contributed by atoms with Crippen LogP contribution in [0.5, 0.6) is 0 Å². The molecule has 0 radical (unpaired) electrons. The van der Waals surface area contributed by atoms with E-state index in [9.17, 15) is 19.5 Å². The van der Waals surface area contributed by atoms with Gasteiger partial charge in [0.25, 0.3) is 0 Å². The van der Waals surface area contributed by atoms with Crippen LogP contribution < -0.4 is 10.6 Å². The lowest BCUT2D eigenvalue weighted by Gasteiger charge is -2.24. The maximum absolute atomic E-state index is 13.1. The first-order chi connectivity index (χ1) is 15.8. The molecule has 0 saturated heterocycles. The summed E-state index contributed by atoms with van der Waals surface area (Å²) in [6.45, 7) is 5.48. The number of carboxylic acid groups (broad SMARTS) is 1. The van der Waals surface area contributed by atoms with Gasteiger partial charge < -0.3 is 15.7 Å². The third-order valence-electron chi connectivity index (χ3n) is 6.55. The smallest absolute Gasteiger partial charge is 0.304 e. The van der Waals surface area contributed by atoms with Crippen LogP contribution in [0.15, 0.2) is 24.3 Å². The number of rotatable bonds is 6. The Balaban J connectivity index is 1.83. The summed E-state index contributed by atoms with van der Waals surface area (Å²) < 4.78 is 2.29. The van der Waals surface area contributed by atoms with E-state index in [-0.39, 0.29) is 30.1 Å². The van der Waals surface area contributed by atoms with Gasteiger partial charge in [-0.1, -0.05) is 44.9 Å². The number of para-hydroxylation sites is 1. The van der Waals surface area contributed by atoms with Gasteiger partial charge >= 0.3 is 5.97 Å². The molecule has 7 heteroatoms. The van der Waals surface area contributed by atoms with E-state index in [1.807, 2.05) is 26.0 Å². The first-order valence-corrected chi connectivity index (χ1v) is 12.4. The topological polar surface area (TPSA) is 98.5 Å². The van der Waals surface area contributed by atoms with Gasteiger partial charge in [-0.05, 0) is 31.6 Å². The van der Waals surface area contributed by atoms with Crippen molar-refractivity contribution in [3.8, 4) is 0 Å². The Kier molecular flexibility index (Phi) is 9.03. The highest BCUT2D eigenvalue weighted by Crippen LogP contribution is 2.34. The Morgan fingerprint density at radius 2 is 1.88 bits per heavy atom. The predicted octanol–water partition coefficient (Wildman–Crippen LogP) is 3.59. The van der Waals surface area contributed by atoms with Crippen molar-refractivity contribution in [3.05, 3.63) is 29.8 Å². The lowest BCUT2D eigenvalue weighted by Crippen LogP contribution is -2.49. The second-order valence-electron chi connectivity index (χ2n) is 9.79. The molecule has 3 atom stereocenters. The van der Waals surface area contributed by atoms with E-state index >= 15 is 0 Å². The normalized spacial score (nSPS) is 22.5. The van der Waals surface area contributed by atoms with Gasteiger partial charge in [-0.15, -0.1) is 0 Å². The Morgan fingerprint density at radius 1 is 1.15 bits per heavy atom. The number of carbonyl (C=O) groups excluding carboxylic acids is 2. The fraction of sp³-hybridized carbons (Fsp3) is 0.615. The first kappa shape index (κ1) is 24.9. The number of benzene rings is 1. The summed E-state index contributed by atoms with van der Waals surface area (Å²) in [7, 11) is 0. The van der Waals surface area contributed by atoms with Crippen LogP contribution in [-0.4, -0.2) is 52.8 Å². The summed E-state index contributed by atoms with van der Waals surface area (Å²) in [5.41, 5.74) is 2.34. The standard InChI is InChI=1S/C26H37N3O4/c1-18(2)14-19(16-24(30)31)25(32)28-22-15-20-17-29(23-11-7-6-10-21(20)23)13-9-5-3-4-8-12-27-26(22)33/h6-7,10-11,17-20,22H,3-5,8-9,12-16H2,1-2H3,(H2-,27,28,30,31,32,33)/p+1/t19?,20?,22-/m0/s1. The summed E-state index contributed by atoms with van der Waals surface area (Å²) in [4.78, 5) is 37.5. The molecule has 2 heterocycles. The summed E-state index contributed by atoms with van der Waals surface area (Å²) in [5.74, 6) is -2.00. The summed E-state index contributed by atoms with van der Waals surface area (Å²) in [6.07, 6.45) is 8.29. The average molecular weight is 457 g/mol. The van der Waals surface area contributed by atoms with E-state index in [2.05, 4.69) is 33.6 Å². The number of hydrogen-bond donors (Lipinski definition) is 3. The van der Waals surface area contributed by atoms with Crippen molar-refractivity contribution in [2.45, 2.75) is 77.2 Å². The highest BCUT2D eigenvalue weighted by Gasteiger charge is 2.35. The summed E-state index contributed by atoms with van der Waals surface area (Å²) >= 11 is 0. The van der Waals surface area contributed by atoms with Crippen LogP contribution in [0.25, 0.3) is 0 Å². The fourth-order valence-electron chi connectivity index (χ4n) is 4.93. The molecular weight excluding hydrogens is 418 g/mol. The molecule has 2 amide bonds. The molecule has 0 saturated carbocycles. The van der Waals surface area contributed by atoms with Gasteiger partial charge in [0, 0.05) is 30.5 Å². The van der Waals surface area contributed by atoms with Crippen LogP contribution in [0, 0.1) is 11.8 Å². The number of aliphatic carboxylic acids is 1. The third kappa shape index (κ3) is 7.14. The maximum Gasteiger partial charge on any atom is 0.304 e. The number of fused-ring (bicyclic) bond motifs is 4. The first-order valence-electron chi connectivity index (χ1n) is 12.4. The summed E-state index contributed by atoms with van der Waals surface area (Å²) in [5, 5.41) is 15.2. The zero-order valence-corrected chi connectivity index (χ0v) is 19.9. The largest absolute Gasteiger partial charge is 0.481 e. The lowest BCUT2D eigenvalue weighted by atomic mass is 9.91. The van der Waals surface area contributed by atoms with Gasteiger partial charge in [0.2, 0.25) is 17.5 Å². The number of nitrogens with zero attached hydrogens (tertiary/aromatic N) is 1. The van der Waals surface area contributed by atoms with Crippen molar-refractivity contribution in [1.82, 2.24) is 10.6 Å². The lowest BCUT2D eigenvalue weighted by molar-refractivity contribution is -0.433. The Morgan fingerprint density at radius 3 is 2.64 bits per heavy atom. The highest BCUT2D eigenvalue weighted by atomic mass is 16.4. The van der Waals surface area contributed by atoms with Crippen LogP contribution in [0.2, 0.25) is 0 Å². The average Bonchev–Trinajstić information content (AvgIpc) is 3.10. The van der Waals surface area contributed by atoms with Crippen LogP contribution in [-0.2, 0) is 14.4 Å². The van der Waals surface area contributed by atoms with E-state index < -0.39 is 17.9 Å². The third-order valence-corrected chi connectivity index (χ3v) is 6.55.